The number of nitrogens with zero attached hydrogens (tertiary/aromatic N) is 1. The maximum absolute atomic E-state index is 5.65. The van der Waals surface area contributed by atoms with Crippen LogP contribution in [0.4, 0.5) is 5.69 Å². The van der Waals surface area contributed by atoms with E-state index >= 15 is 0 Å². The van der Waals surface area contributed by atoms with Gasteiger partial charge in [-0.1, -0.05) is 0 Å². The Labute approximate surface area is 84.9 Å². The molecule has 2 aromatic rings. The molecule has 0 bridgehead atoms. The lowest BCUT2D eigenvalue weighted by molar-refractivity contribution is 1.38. The number of nitrogens with two attached hydrogens (primary N) is 1. The van der Waals surface area contributed by atoms with Crippen LogP contribution in [0.5, 0.6) is 0 Å². The van der Waals surface area contributed by atoms with Crippen LogP contribution in [0.3, 0.4) is 0 Å². The third-order valence-electron chi connectivity index (χ3n) is 1.90. The quantitative estimate of drug-likeness (QED) is 0.765. The lowest BCUT2D eigenvalue weighted by Gasteiger charge is -2.02. The summed E-state index contributed by atoms with van der Waals surface area (Å²) in [5.74, 6) is 0. The second-order valence-electron chi connectivity index (χ2n) is 3.09. The number of hydrogen-bond acceptors (Lipinski definition) is 2. The van der Waals surface area contributed by atoms with Gasteiger partial charge in [-0.15, -0.1) is 0 Å². The van der Waals surface area contributed by atoms with E-state index in [1.807, 2.05) is 19.1 Å². The molecule has 0 spiro atoms. The number of aromatic nitrogens is 1. The van der Waals surface area contributed by atoms with Gasteiger partial charge in [-0.25, -0.2) is 0 Å². The Morgan fingerprint density at radius 1 is 1.31 bits per heavy atom. The van der Waals surface area contributed by atoms with Crippen LogP contribution in [0.15, 0.2) is 28.9 Å². The number of benzene rings is 1. The molecule has 0 unspecified atom stereocenters. The lowest BCUT2D eigenvalue weighted by Crippen LogP contribution is -1.88. The maximum atomic E-state index is 5.65. The highest BCUT2D eigenvalue weighted by Crippen LogP contribution is 2.24. The van der Waals surface area contributed by atoms with E-state index in [1.165, 1.54) is 5.56 Å². The Kier molecular flexibility index (Phi) is 1.96. The zero-order chi connectivity index (χ0) is 9.42. The van der Waals surface area contributed by atoms with E-state index < -0.39 is 0 Å². The monoisotopic (exact) mass is 236 g/mol. The Bertz CT molecular complexity index is 460. The molecule has 1 aromatic carbocycles. The molecule has 2 nitrogen and oxygen atoms in total. The Hall–Kier alpha value is -1.09. The molecule has 0 aliphatic rings. The fourth-order valence-corrected chi connectivity index (χ4v) is 2.06. The first-order chi connectivity index (χ1) is 6.16. The van der Waals surface area contributed by atoms with Gasteiger partial charge in [-0.05, 0) is 46.6 Å². The largest absolute Gasteiger partial charge is 0.397 e. The van der Waals surface area contributed by atoms with E-state index in [0.717, 1.165) is 15.4 Å². The second kappa shape index (κ2) is 3.00. The van der Waals surface area contributed by atoms with Gasteiger partial charge in [0.25, 0.3) is 0 Å². The Morgan fingerprint density at radius 2 is 2.08 bits per heavy atom. The third kappa shape index (κ3) is 1.52. The summed E-state index contributed by atoms with van der Waals surface area (Å²) < 4.78 is 1.02. The normalized spacial score (nSPS) is 10.6. The van der Waals surface area contributed by atoms with Crippen LogP contribution >= 0.6 is 15.9 Å². The molecule has 1 aromatic heterocycles. The van der Waals surface area contributed by atoms with Crippen molar-refractivity contribution in [3.05, 3.63) is 34.4 Å². The zero-order valence-electron chi connectivity index (χ0n) is 7.21. The molecule has 0 radical (unpaired) electrons. The molecule has 0 saturated heterocycles. The van der Waals surface area contributed by atoms with E-state index in [0.29, 0.717) is 5.69 Å². The van der Waals surface area contributed by atoms with E-state index in [-0.39, 0.29) is 0 Å². The van der Waals surface area contributed by atoms with Gasteiger partial charge >= 0.3 is 0 Å². The SMILES string of the molecule is Cc1cc(Br)c2ncc(N)cc2c1. The number of hydrogen-bond donors (Lipinski definition) is 1. The van der Waals surface area contributed by atoms with E-state index in [1.54, 1.807) is 6.20 Å². The molecular weight excluding hydrogens is 228 g/mol. The molecule has 0 amide bonds. The molecule has 3 heteroatoms. The molecule has 0 aliphatic carbocycles. The standard InChI is InChI=1S/C10H9BrN2/c1-6-2-7-4-8(12)5-13-10(7)9(11)3-6/h2-5H,12H2,1H3. The number of pyridine rings is 1. The molecule has 2 N–H and O–H groups in total. The maximum Gasteiger partial charge on any atom is 0.0845 e. The first kappa shape index (κ1) is 8.51. The average Bonchev–Trinajstić information content (AvgIpc) is 2.02. The van der Waals surface area contributed by atoms with Crippen LogP contribution in [-0.4, -0.2) is 4.98 Å². The van der Waals surface area contributed by atoms with Crippen LogP contribution < -0.4 is 5.73 Å². The molecule has 1 heterocycles. The summed E-state index contributed by atoms with van der Waals surface area (Å²) in [5, 5.41) is 1.08. The molecule has 0 aliphatic heterocycles. The number of nitrogen functional groups attached to an aromatic ring is 1. The summed E-state index contributed by atoms with van der Waals surface area (Å²) >= 11 is 3.47. The molecule has 13 heavy (non-hydrogen) atoms. The highest BCUT2D eigenvalue weighted by atomic mass is 79.9. The van der Waals surface area contributed by atoms with E-state index in [2.05, 4.69) is 27.0 Å². The molecule has 66 valence electrons. The van der Waals surface area contributed by atoms with Crippen molar-refractivity contribution in [2.75, 3.05) is 5.73 Å². The first-order valence-electron chi connectivity index (χ1n) is 3.98. The van der Waals surface area contributed by atoms with Crippen molar-refractivity contribution in [1.82, 2.24) is 4.98 Å². The fraction of sp³-hybridized carbons (Fsp3) is 0.100. The summed E-state index contributed by atoms with van der Waals surface area (Å²) in [6.07, 6.45) is 1.67. The molecule has 0 saturated carbocycles. The van der Waals surface area contributed by atoms with Crippen molar-refractivity contribution < 1.29 is 0 Å². The predicted octanol–water partition coefficient (Wildman–Crippen LogP) is 2.89. The zero-order valence-corrected chi connectivity index (χ0v) is 8.80. The van der Waals surface area contributed by atoms with Crippen LogP contribution in [0.2, 0.25) is 0 Å². The van der Waals surface area contributed by atoms with E-state index in [9.17, 15) is 0 Å². The van der Waals surface area contributed by atoms with Gasteiger partial charge < -0.3 is 5.73 Å². The number of fused-ring (bicyclic) bond motifs is 1. The molecule has 0 fully saturated rings. The lowest BCUT2D eigenvalue weighted by atomic mass is 10.1. The highest BCUT2D eigenvalue weighted by Gasteiger charge is 2.01. The smallest absolute Gasteiger partial charge is 0.0845 e. The van der Waals surface area contributed by atoms with Crippen molar-refractivity contribution in [3.63, 3.8) is 0 Å². The van der Waals surface area contributed by atoms with Gasteiger partial charge in [0.1, 0.15) is 0 Å². The number of halogens is 1. The highest BCUT2D eigenvalue weighted by molar-refractivity contribution is 9.10. The summed E-state index contributed by atoms with van der Waals surface area (Å²) in [6, 6.07) is 6.05. The van der Waals surface area contributed by atoms with Crippen molar-refractivity contribution in [3.8, 4) is 0 Å². The summed E-state index contributed by atoms with van der Waals surface area (Å²) in [4.78, 5) is 4.25. The second-order valence-corrected chi connectivity index (χ2v) is 3.94. The number of aryl methyl sites for hydroxylation is 1. The molecule has 2 rings (SSSR count). The van der Waals surface area contributed by atoms with Crippen LogP contribution in [0.25, 0.3) is 10.9 Å². The summed E-state index contributed by atoms with van der Waals surface area (Å²) in [7, 11) is 0. The van der Waals surface area contributed by atoms with Gasteiger partial charge in [-0.3, -0.25) is 4.98 Å². The van der Waals surface area contributed by atoms with Crippen molar-refractivity contribution in [2.24, 2.45) is 0 Å². The van der Waals surface area contributed by atoms with Crippen LogP contribution in [0.1, 0.15) is 5.56 Å². The minimum absolute atomic E-state index is 0.699. The molecular formula is C10H9BrN2. The predicted molar refractivity (Wildman–Crippen MR) is 58.6 cm³/mol. The number of rotatable bonds is 0. The van der Waals surface area contributed by atoms with E-state index in [4.69, 9.17) is 5.73 Å². The topological polar surface area (TPSA) is 38.9 Å². The van der Waals surface area contributed by atoms with Crippen LogP contribution in [0, 0.1) is 6.92 Å². The number of anilines is 1. The van der Waals surface area contributed by atoms with Crippen molar-refractivity contribution >= 4 is 32.5 Å². The summed E-state index contributed by atoms with van der Waals surface area (Å²) in [5.41, 5.74) is 8.50. The first-order valence-corrected chi connectivity index (χ1v) is 4.77. The van der Waals surface area contributed by atoms with Crippen LogP contribution in [-0.2, 0) is 0 Å². The third-order valence-corrected chi connectivity index (χ3v) is 2.51. The summed E-state index contributed by atoms with van der Waals surface area (Å²) in [6.45, 7) is 2.05. The van der Waals surface area contributed by atoms with Gasteiger partial charge in [-0.2, -0.15) is 0 Å². The Balaban J connectivity index is 2.86. The fourth-order valence-electron chi connectivity index (χ4n) is 1.36. The van der Waals surface area contributed by atoms with Crippen molar-refractivity contribution in [2.45, 2.75) is 6.92 Å². The minimum atomic E-state index is 0.699. The van der Waals surface area contributed by atoms with Gasteiger partial charge in [0.05, 0.1) is 17.4 Å². The minimum Gasteiger partial charge on any atom is -0.397 e. The van der Waals surface area contributed by atoms with Gasteiger partial charge in [0.2, 0.25) is 0 Å². The van der Waals surface area contributed by atoms with Gasteiger partial charge in [0, 0.05) is 9.86 Å². The average molecular weight is 237 g/mol. The molecule has 0 atom stereocenters. The van der Waals surface area contributed by atoms with Gasteiger partial charge in [0.15, 0.2) is 0 Å². The van der Waals surface area contributed by atoms with Crippen molar-refractivity contribution in [1.29, 1.82) is 0 Å². The Morgan fingerprint density at radius 3 is 2.85 bits per heavy atom.